The molecule has 1 N–H and O–H groups in total. The molecule has 0 amide bonds. The molecule has 6 heteroatoms. The van der Waals surface area contributed by atoms with E-state index in [1.165, 1.54) is 6.42 Å². The molecule has 0 atom stereocenters. The number of aliphatic imine (C=N–C) groups is 1. The molecule has 23 heavy (non-hydrogen) atoms. The maximum absolute atomic E-state index is 4.79. The Morgan fingerprint density at radius 3 is 2.52 bits per heavy atom. The van der Waals surface area contributed by atoms with Crippen LogP contribution in [0.3, 0.4) is 0 Å². The van der Waals surface area contributed by atoms with Crippen molar-refractivity contribution in [2.24, 2.45) is 10.9 Å². The molecule has 1 aliphatic heterocycles. The van der Waals surface area contributed by atoms with Gasteiger partial charge in [-0.05, 0) is 31.7 Å². The maximum Gasteiger partial charge on any atom is 0.225 e. The molecule has 1 aliphatic rings. The first-order valence-electron chi connectivity index (χ1n) is 8.76. The van der Waals surface area contributed by atoms with Gasteiger partial charge in [-0.1, -0.05) is 13.8 Å². The Morgan fingerprint density at radius 1 is 1.22 bits per heavy atom. The molecule has 0 saturated carbocycles. The second kappa shape index (κ2) is 9.33. The summed E-state index contributed by atoms with van der Waals surface area (Å²) in [5, 5.41) is 3.42. The van der Waals surface area contributed by atoms with Crippen LogP contribution in [0, 0.1) is 5.92 Å². The zero-order valence-electron chi connectivity index (χ0n) is 14.7. The Bertz CT molecular complexity index is 465. The molecule has 1 fully saturated rings. The molecule has 128 valence electrons. The number of anilines is 1. The molecule has 0 spiro atoms. The van der Waals surface area contributed by atoms with E-state index in [0.717, 1.165) is 63.5 Å². The van der Waals surface area contributed by atoms with Crippen molar-refractivity contribution < 1.29 is 0 Å². The summed E-state index contributed by atoms with van der Waals surface area (Å²) in [5.41, 5.74) is 0. The molecule has 2 rings (SSSR count). The van der Waals surface area contributed by atoms with Gasteiger partial charge in [-0.2, -0.15) is 0 Å². The molecule has 1 aromatic rings. The molecule has 1 saturated heterocycles. The third kappa shape index (κ3) is 5.69. The largest absolute Gasteiger partial charge is 0.357 e. The lowest BCUT2D eigenvalue weighted by molar-refractivity contribution is 0.370. The van der Waals surface area contributed by atoms with Gasteiger partial charge in [0.15, 0.2) is 5.96 Å². The van der Waals surface area contributed by atoms with Gasteiger partial charge in [-0.15, -0.1) is 0 Å². The lowest BCUT2D eigenvalue weighted by Gasteiger charge is -2.36. The quantitative estimate of drug-likeness (QED) is 0.494. The van der Waals surface area contributed by atoms with Gasteiger partial charge in [0.1, 0.15) is 0 Å². The van der Waals surface area contributed by atoms with E-state index in [-0.39, 0.29) is 0 Å². The number of rotatable bonds is 6. The number of hydrogen-bond donors (Lipinski definition) is 1. The molecule has 0 radical (unpaired) electrons. The maximum atomic E-state index is 4.79. The van der Waals surface area contributed by atoms with Crippen LogP contribution in [0.4, 0.5) is 5.95 Å². The lowest BCUT2D eigenvalue weighted by Crippen LogP contribution is -2.53. The summed E-state index contributed by atoms with van der Waals surface area (Å²) >= 11 is 0. The molecule has 1 aromatic heterocycles. The average molecular weight is 318 g/mol. The van der Waals surface area contributed by atoms with Crippen molar-refractivity contribution >= 4 is 11.9 Å². The van der Waals surface area contributed by atoms with Crippen LogP contribution >= 0.6 is 0 Å². The smallest absolute Gasteiger partial charge is 0.225 e. The summed E-state index contributed by atoms with van der Waals surface area (Å²) in [4.78, 5) is 18.0. The van der Waals surface area contributed by atoms with Crippen LogP contribution in [0.15, 0.2) is 23.5 Å². The highest BCUT2D eigenvalue weighted by Crippen LogP contribution is 2.10. The van der Waals surface area contributed by atoms with Crippen LogP contribution in [0.25, 0.3) is 0 Å². The normalized spacial score (nSPS) is 16.1. The molecule has 0 aliphatic carbocycles. The summed E-state index contributed by atoms with van der Waals surface area (Å²) in [7, 11) is 0. The van der Waals surface area contributed by atoms with E-state index in [9.17, 15) is 0 Å². The highest BCUT2D eigenvalue weighted by atomic mass is 15.4. The summed E-state index contributed by atoms with van der Waals surface area (Å²) < 4.78 is 0. The Kier molecular flexibility index (Phi) is 7.10. The fourth-order valence-electron chi connectivity index (χ4n) is 2.68. The first-order chi connectivity index (χ1) is 11.2. The van der Waals surface area contributed by atoms with Gasteiger partial charge >= 0.3 is 0 Å². The van der Waals surface area contributed by atoms with E-state index in [0.29, 0.717) is 0 Å². The van der Waals surface area contributed by atoms with Crippen molar-refractivity contribution in [1.82, 2.24) is 20.2 Å². The van der Waals surface area contributed by atoms with Crippen molar-refractivity contribution in [3.8, 4) is 0 Å². The Hall–Kier alpha value is -1.85. The predicted octanol–water partition coefficient (Wildman–Crippen LogP) is 2.00. The summed E-state index contributed by atoms with van der Waals surface area (Å²) in [6, 6.07) is 1.85. The first-order valence-corrected chi connectivity index (χ1v) is 8.76. The minimum absolute atomic E-state index is 0.752. The highest BCUT2D eigenvalue weighted by molar-refractivity contribution is 5.80. The second-order valence-corrected chi connectivity index (χ2v) is 6.29. The van der Waals surface area contributed by atoms with Crippen molar-refractivity contribution in [2.75, 3.05) is 44.2 Å². The number of guanidine groups is 1. The van der Waals surface area contributed by atoms with E-state index in [1.54, 1.807) is 12.4 Å². The van der Waals surface area contributed by atoms with Gasteiger partial charge in [-0.25, -0.2) is 9.97 Å². The Balaban J connectivity index is 1.86. The third-order valence-corrected chi connectivity index (χ3v) is 3.95. The molecule has 6 nitrogen and oxygen atoms in total. The number of piperazine rings is 1. The molecule has 0 unspecified atom stereocenters. The van der Waals surface area contributed by atoms with Gasteiger partial charge in [0.25, 0.3) is 0 Å². The Morgan fingerprint density at radius 2 is 1.91 bits per heavy atom. The minimum atomic E-state index is 0.752. The predicted molar refractivity (Wildman–Crippen MR) is 95.9 cm³/mol. The Labute approximate surface area is 140 Å². The van der Waals surface area contributed by atoms with Crippen LogP contribution in [0.5, 0.6) is 0 Å². The zero-order chi connectivity index (χ0) is 16.5. The minimum Gasteiger partial charge on any atom is -0.357 e. The van der Waals surface area contributed by atoms with Crippen molar-refractivity contribution in [1.29, 1.82) is 0 Å². The van der Waals surface area contributed by atoms with E-state index in [2.05, 4.69) is 45.9 Å². The number of aromatic nitrogens is 2. The van der Waals surface area contributed by atoms with Crippen molar-refractivity contribution in [3.63, 3.8) is 0 Å². The molecule has 2 heterocycles. The van der Waals surface area contributed by atoms with Gasteiger partial charge in [-0.3, -0.25) is 4.99 Å². The molecular formula is C17H30N6. The fourth-order valence-corrected chi connectivity index (χ4v) is 2.68. The van der Waals surface area contributed by atoms with Crippen LogP contribution < -0.4 is 10.2 Å². The molecule has 0 bridgehead atoms. The summed E-state index contributed by atoms with van der Waals surface area (Å²) in [6.45, 7) is 12.2. The summed E-state index contributed by atoms with van der Waals surface area (Å²) in [6.07, 6.45) is 6.00. The van der Waals surface area contributed by atoms with E-state index in [1.807, 2.05) is 6.07 Å². The number of nitrogens with one attached hydrogen (secondary N) is 1. The summed E-state index contributed by atoms with van der Waals surface area (Å²) in [5.74, 6) is 2.62. The second-order valence-electron chi connectivity index (χ2n) is 6.29. The van der Waals surface area contributed by atoms with Crippen LogP contribution in [-0.4, -0.2) is 60.1 Å². The van der Waals surface area contributed by atoms with Crippen LogP contribution in [0.2, 0.25) is 0 Å². The standard InChI is InChI=1S/C17H30N6/c1-4-18-16(19-8-5-7-15(2)3)22-11-13-23(14-12-22)17-20-9-6-10-21-17/h6,9-10,15H,4-5,7-8,11-14H2,1-3H3,(H,18,19). The fraction of sp³-hybridized carbons (Fsp3) is 0.706. The first kappa shape index (κ1) is 17.5. The van der Waals surface area contributed by atoms with Gasteiger partial charge < -0.3 is 15.1 Å². The average Bonchev–Trinajstić information content (AvgIpc) is 2.58. The SMILES string of the molecule is CCNC(=NCCCC(C)C)N1CCN(c2ncccn2)CC1. The van der Waals surface area contributed by atoms with Gasteiger partial charge in [0.2, 0.25) is 5.95 Å². The number of hydrogen-bond acceptors (Lipinski definition) is 4. The monoisotopic (exact) mass is 318 g/mol. The van der Waals surface area contributed by atoms with Crippen LogP contribution in [-0.2, 0) is 0 Å². The third-order valence-electron chi connectivity index (χ3n) is 3.95. The molecular weight excluding hydrogens is 288 g/mol. The van der Waals surface area contributed by atoms with E-state index >= 15 is 0 Å². The number of nitrogens with zero attached hydrogens (tertiary/aromatic N) is 5. The van der Waals surface area contributed by atoms with E-state index in [4.69, 9.17) is 4.99 Å². The zero-order valence-corrected chi connectivity index (χ0v) is 14.7. The van der Waals surface area contributed by atoms with Crippen molar-refractivity contribution in [3.05, 3.63) is 18.5 Å². The van der Waals surface area contributed by atoms with Gasteiger partial charge in [0.05, 0.1) is 0 Å². The van der Waals surface area contributed by atoms with Crippen molar-refractivity contribution in [2.45, 2.75) is 33.6 Å². The van der Waals surface area contributed by atoms with Gasteiger partial charge in [0, 0.05) is 51.7 Å². The highest BCUT2D eigenvalue weighted by Gasteiger charge is 2.20. The molecule has 0 aromatic carbocycles. The van der Waals surface area contributed by atoms with Crippen LogP contribution in [0.1, 0.15) is 33.6 Å². The lowest BCUT2D eigenvalue weighted by atomic mass is 10.1. The topological polar surface area (TPSA) is 56.7 Å². The van der Waals surface area contributed by atoms with E-state index < -0.39 is 0 Å².